The number of aromatic nitrogens is 3. The summed E-state index contributed by atoms with van der Waals surface area (Å²) in [6.07, 6.45) is 2.46. The van der Waals surface area contributed by atoms with Gasteiger partial charge in [0.05, 0.1) is 17.6 Å². The molecule has 0 spiro atoms. The summed E-state index contributed by atoms with van der Waals surface area (Å²) in [5, 5.41) is 8.34. The lowest BCUT2D eigenvalue weighted by atomic mass is 9.90. The minimum absolute atomic E-state index is 0.0797. The van der Waals surface area contributed by atoms with Gasteiger partial charge in [0.25, 0.3) is 0 Å². The number of rotatable bonds is 2. The van der Waals surface area contributed by atoms with Gasteiger partial charge in [-0.15, -0.1) is 16.7 Å². The van der Waals surface area contributed by atoms with E-state index in [0.29, 0.717) is 11.9 Å². The Labute approximate surface area is 89.4 Å². The van der Waals surface area contributed by atoms with E-state index in [1.54, 1.807) is 0 Å². The molecule has 0 aromatic carbocycles. The first kappa shape index (κ1) is 9.97. The summed E-state index contributed by atoms with van der Waals surface area (Å²) in [5.74, 6) is 0.458. The van der Waals surface area contributed by atoms with Gasteiger partial charge in [-0.05, 0) is 12.8 Å². The Morgan fingerprint density at radius 2 is 2.07 bits per heavy atom. The predicted molar refractivity (Wildman–Crippen MR) is 56.6 cm³/mol. The van der Waals surface area contributed by atoms with Gasteiger partial charge in [-0.1, -0.05) is 26.0 Å². The Morgan fingerprint density at radius 1 is 1.43 bits per heavy atom. The lowest BCUT2D eigenvalue weighted by Gasteiger charge is -2.20. The summed E-state index contributed by atoms with van der Waals surface area (Å²) in [6, 6.07) is 0.577. The average Bonchev–Trinajstić information content (AvgIpc) is 2.82. The zero-order valence-corrected chi connectivity index (χ0v) is 9.67. The van der Waals surface area contributed by atoms with Crippen molar-refractivity contribution in [1.82, 2.24) is 15.0 Å². The molecule has 1 aromatic rings. The molecule has 0 bridgehead atoms. The molecule has 1 fully saturated rings. The van der Waals surface area contributed by atoms with Crippen LogP contribution >= 0.6 is 11.6 Å². The second-order valence-electron chi connectivity index (χ2n) is 4.94. The molecule has 0 atom stereocenters. The minimum atomic E-state index is 0.0797. The molecule has 1 aromatic heterocycles. The van der Waals surface area contributed by atoms with Crippen LogP contribution in [0.3, 0.4) is 0 Å². The van der Waals surface area contributed by atoms with Crippen LogP contribution < -0.4 is 0 Å². The van der Waals surface area contributed by atoms with Crippen LogP contribution in [0.4, 0.5) is 0 Å². The third-order valence-electron chi connectivity index (χ3n) is 2.49. The summed E-state index contributed by atoms with van der Waals surface area (Å²) < 4.78 is 2.07. The van der Waals surface area contributed by atoms with E-state index in [-0.39, 0.29) is 5.41 Å². The van der Waals surface area contributed by atoms with Crippen molar-refractivity contribution in [2.45, 2.75) is 50.9 Å². The number of hydrogen-bond acceptors (Lipinski definition) is 2. The van der Waals surface area contributed by atoms with Crippen LogP contribution in [0.1, 0.15) is 51.0 Å². The van der Waals surface area contributed by atoms with Gasteiger partial charge < -0.3 is 0 Å². The van der Waals surface area contributed by atoms with Crippen LogP contribution in [0.15, 0.2) is 0 Å². The molecule has 0 amide bonds. The Kier molecular flexibility index (Phi) is 2.30. The maximum Gasteiger partial charge on any atom is 0.101 e. The molecule has 0 unspecified atom stereocenters. The molecular weight excluding hydrogens is 198 g/mol. The molecule has 0 radical (unpaired) electrons. The van der Waals surface area contributed by atoms with Gasteiger partial charge in [-0.3, -0.25) is 0 Å². The smallest absolute Gasteiger partial charge is 0.101 e. The van der Waals surface area contributed by atoms with Crippen molar-refractivity contribution in [2.75, 3.05) is 0 Å². The summed E-state index contributed by atoms with van der Waals surface area (Å²) in [5.41, 5.74) is 2.22. The highest BCUT2D eigenvalue weighted by Crippen LogP contribution is 2.38. The molecule has 1 heterocycles. The molecule has 1 saturated carbocycles. The van der Waals surface area contributed by atoms with Gasteiger partial charge in [-0.2, -0.15) is 0 Å². The molecule has 1 aliphatic carbocycles. The average molecular weight is 214 g/mol. The van der Waals surface area contributed by atoms with Crippen LogP contribution in [0.25, 0.3) is 0 Å². The van der Waals surface area contributed by atoms with Crippen LogP contribution in [-0.4, -0.2) is 15.0 Å². The zero-order valence-electron chi connectivity index (χ0n) is 8.92. The molecule has 14 heavy (non-hydrogen) atoms. The van der Waals surface area contributed by atoms with Gasteiger partial charge in [0.2, 0.25) is 0 Å². The quantitative estimate of drug-likeness (QED) is 0.708. The summed E-state index contributed by atoms with van der Waals surface area (Å²) >= 11 is 5.86. The van der Waals surface area contributed by atoms with E-state index < -0.39 is 0 Å². The maximum absolute atomic E-state index is 5.86. The van der Waals surface area contributed by atoms with Crippen LogP contribution in [0, 0.1) is 0 Å². The lowest BCUT2D eigenvalue weighted by molar-refractivity contribution is 0.484. The summed E-state index contributed by atoms with van der Waals surface area (Å²) in [6.45, 7) is 6.54. The van der Waals surface area contributed by atoms with Crippen molar-refractivity contribution in [2.24, 2.45) is 0 Å². The van der Waals surface area contributed by atoms with E-state index in [2.05, 4.69) is 35.8 Å². The number of hydrogen-bond donors (Lipinski definition) is 0. The Hall–Kier alpha value is -0.570. The van der Waals surface area contributed by atoms with Gasteiger partial charge >= 0.3 is 0 Å². The first-order chi connectivity index (χ1) is 6.54. The van der Waals surface area contributed by atoms with Crippen molar-refractivity contribution in [1.29, 1.82) is 0 Å². The van der Waals surface area contributed by atoms with Gasteiger partial charge in [-0.25, -0.2) is 4.68 Å². The lowest BCUT2D eigenvalue weighted by Crippen LogP contribution is -2.19. The van der Waals surface area contributed by atoms with Crippen molar-refractivity contribution in [3.05, 3.63) is 11.4 Å². The van der Waals surface area contributed by atoms with Crippen molar-refractivity contribution < 1.29 is 0 Å². The Bertz CT molecular complexity index is 334. The van der Waals surface area contributed by atoms with E-state index in [4.69, 9.17) is 11.6 Å². The molecule has 0 N–H and O–H groups in total. The number of alkyl halides is 1. The fourth-order valence-corrected chi connectivity index (χ4v) is 1.95. The van der Waals surface area contributed by atoms with Crippen molar-refractivity contribution in [3.63, 3.8) is 0 Å². The Morgan fingerprint density at radius 3 is 2.50 bits per heavy atom. The summed E-state index contributed by atoms with van der Waals surface area (Å²) in [7, 11) is 0. The van der Waals surface area contributed by atoms with E-state index >= 15 is 0 Å². The van der Waals surface area contributed by atoms with E-state index in [0.717, 1.165) is 5.69 Å². The largest absolute Gasteiger partial charge is 0.245 e. The van der Waals surface area contributed by atoms with Crippen molar-refractivity contribution in [3.8, 4) is 0 Å². The van der Waals surface area contributed by atoms with Gasteiger partial charge in [0, 0.05) is 5.41 Å². The van der Waals surface area contributed by atoms with Gasteiger partial charge in [0.15, 0.2) is 0 Å². The zero-order chi connectivity index (χ0) is 10.3. The van der Waals surface area contributed by atoms with E-state index in [1.807, 2.05) is 0 Å². The second kappa shape index (κ2) is 3.23. The monoisotopic (exact) mass is 213 g/mol. The molecule has 2 rings (SSSR count). The fraction of sp³-hybridized carbons (Fsp3) is 0.800. The molecule has 3 nitrogen and oxygen atoms in total. The Balaban J connectivity index is 2.45. The van der Waals surface area contributed by atoms with Crippen molar-refractivity contribution >= 4 is 11.6 Å². The fourth-order valence-electron chi connectivity index (χ4n) is 1.77. The maximum atomic E-state index is 5.86. The van der Waals surface area contributed by atoms with Gasteiger partial charge in [0.1, 0.15) is 5.69 Å². The first-order valence-electron chi connectivity index (χ1n) is 5.04. The first-order valence-corrected chi connectivity index (χ1v) is 5.58. The third kappa shape index (κ3) is 1.65. The molecule has 1 aliphatic rings. The number of nitrogens with zero attached hydrogens (tertiary/aromatic N) is 3. The number of halogens is 1. The van der Waals surface area contributed by atoms with Crippen LogP contribution in [0.2, 0.25) is 0 Å². The minimum Gasteiger partial charge on any atom is -0.245 e. The van der Waals surface area contributed by atoms with E-state index in [9.17, 15) is 0 Å². The van der Waals surface area contributed by atoms with E-state index in [1.165, 1.54) is 18.5 Å². The summed E-state index contributed by atoms with van der Waals surface area (Å²) in [4.78, 5) is 0. The highest BCUT2D eigenvalue weighted by Gasteiger charge is 2.33. The SMILES string of the molecule is CC(C)(C)c1c(CCl)nnn1C1CC1. The molecule has 4 heteroatoms. The second-order valence-corrected chi connectivity index (χ2v) is 5.21. The molecule has 0 aliphatic heterocycles. The standard InChI is InChI=1S/C10H16ClN3/c1-10(2,3)9-8(6-11)12-13-14(9)7-4-5-7/h7H,4-6H2,1-3H3. The third-order valence-corrected chi connectivity index (χ3v) is 2.75. The van der Waals surface area contributed by atoms with Crippen LogP contribution in [-0.2, 0) is 11.3 Å². The highest BCUT2D eigenvalue weighted by molar-refractivity contribution is 6.16. The normalized spacial score (nSPS) is 17.4. The van der Waals surface area contributed by atoms with Crippen LogP contribution in [0.5, 0.6) is 0 Å². The predicted octanol–water partition coefficient (Wildman–Crippen LogP) is 2.65. The molecule has 0 saturated heterocycles. The highest BCUT2D eigenvalue weighted by atomic mass is 35.5. The molecular formula is C10H16ClN3. The molecule has 78 valence electrons. The topological polar surface area (TPSA) is 30.7 Å².